The van der Waals surface area contributed by atoms with Crippen molar-refractivity contribution >= 4 is 17.6 Å². The number of halogens is 1. The van der Waals surface area contributed by atoms with Crippen LogP contribution in [-0.4, -0.2) is 36.5 Å². The van der Waals surface area contributed by atoms with Gasteiger partial charge in [-0.05, 0) is 32.9 Å². The first kappa shape index (κ1) is 15.9. The molecule has 0 atom stereocenters. The third-order valence-corrected chi connectivity index (χ3v) is 3.04. The number of hydrogen-bond acceptors (Lipinski definition) is 4. The second-order valence-electron chi connectivity index (χ2n) is 4.78. The maximum Gasteiger partial charge on any atom is 0.325 e. The quantitative estimate of drug-likeness (QED) is 0.674. The lowest BCUT2D eigenvalue weighted by Crippen LogP contribution is -2.41. The minimum absolute atomic E-state index is 0.114. The highest BCUT2D eigenvalue weighted by molar-refractivity contribution is 5.97. The number of nitrogens with two attached hydrogens (primary N) is 1. The summed E-state index contributed by atoms with van der Waals surface area (Å²) in [5, 5.41) is 0. The molecule has 110 valence electrons. The summed E-state index contributed by atoms with van der Waals surface area (Å²) in [6, 6.07) is 2.31. The summed E-state index contributed by atoms with van der Waals surface area (Å²) in [4.78, 5) is 25.0. The summed E-state index contributed by atoms with van der Waals surface area (Å²) in [7, 11) is 1.24. The van der Waals surface area contributed by atoms with E-state index in [2.05, 4.69) is 4.74 Å². The summed E-state index contributed by atoms with van der Waals surface area (Å²) in [5.41, 5.74) is 6.28. The van der Waals surface area contributed by atoms with E-state index in [4.69, 9.17) is 5.73 Å². The topological polar surface area (TPSA) is 72.6 Å². The SMILES string of the molecule is COC(=O)CN(C(=O)c1cc(N)c(C)c(F)c1)C(C)C. The van der Waals surface area contributed by atoms with Gasteiger partial charge in [0, 0.05) is 22.9 Å². The van der Waals surface area contributed by atoms with Crippen molar-refractivity contribution in [2.75, 3.05) is 19.4 Å². The first-order valence-corrected chi connectivity index (χ1v) is 6.21. The molecule has 5 nitrogen and oxygen atoms in total. The maximum absolute atomic E-state index is 13.7. The molecule has 1 amide bonds. The van der Waals surface area contributed by atoms with E-state index in [1.807, 2.05) is 0 Å². The number of carbonyl (C=O) groups is 2. The van der Waals surface area contributed by atoms with Crippen LogP contribution >= 0.6 is 0 Å². The summed E-state index contributed by atoms with van der Waals surface area (Å²) in [6.45, 7) is 4.86. The molecule has 0 heterocycles. The molecule has 0 saturated carbocycles. The standard InChI is InChI=1S/C14H19FN2O3/c1-8(2)17(7-13(18)20-4)14(19)10-5-11(15)9(3)12(16)6-10/h5-6,8H,7,16H2,1-4H3. The molecule has 1 aromatic rings. The highest BCUT2D eigenvalue weighted by Crippen LogP contribution is 2.19. The monoisotopic (exact) mass is 282 g/mol. The molecule has 0 aliphatic rings. The number of hydrogen-bond donors (Lipinski definition) is 1. The smallest absolute Gasteiger partial charge is 0.325 e. The van der Waals surface area contributed by atoms with Crippen LogP contribution in [-0.2, 0) is 9.53 Å². The molecular weight excluding hydrogens is 263 g/mol. The van der Waals surface area contributed by atoms with E-state index in [0.29, 0.717) is 5.56 Å². The van der Waals surface area contributed by atoms with Crippen LogP contribution in [0.15, 0.2) is 12.1 Å². The van der Waals surface area contributed by atoms with E-state index in [0.717, 1.165) is 6.07 Å². The van der Waals surface area contributed by atoms with E-state index in [9.17, 15) is 14.0 Å². The van der Waals surface area contributed by atoms with Crippen LogP contribution in [0.25, 0.3) is 0 Å². The normalized spacial score (nSPS) is 10.5. The molecule has 6 heteroatoms. The van der Waals surface area contributed by atoms with Crippen LogP contribution in [0.2, 0.25) is 0 Å². The first-order chi connectivity index (χ1) is 9.27. The van der Waals surface area contributed by atoms with Gasteiger partial charge in [-0.1, -0.05) is 0 Å². The second kappa shape index (κ2) is 6.36. The Morgan fingerprint density at radius 3 is 2.45 bits per heavy atom. The molecule has 0 unspecified atom stereocenters. The summed E-state index contributed by atoms with van der Waals surface area (Å²) < 4.78 is 18.2. The van der Waals surface area contributed by atoms with E-state index in [1.165, 1.54) is 25.0 Å². The number of nitrogen functional groups attached to an aromatic ring is 1. The number of anilines is 1. The number of nitrogens with zero attached hydrogens (tertiary/aromatic N) is 1. The lowest BCUT2D eigenvalue weighted by molar-refractivity contribution is -0.141. The van der Waals surface area contributed by atoms with Crippen LogP contribution in [0.3, 0.4) is 0 Å². The van der Waals surface area contributed by atoms with Crippen LogP contribution in [0, 0.1) is 12.7 Å². The van der Waals surface area contributed by atoms with Crippen molar-refractivity contribution in [1.82, 2.24) is 4.90 Å². The third kappa shape index (κ3) is 3.46. The van der Waals surface area contributed by atoms with Crippen molar-refractivity contribution in [2.45, 2.75) is 26.8 Å². The fraction of sp³-hybridized carbons (Fsp3) is 0.429. The molecule has 0 bridgehead atoms. The van der Waals surface area contributed by atoms with Gasteiger partial charge < -0.3 is 15.4 Å². The number of methoxy groups -OCH3 is 1. The Bertz CT molecular complexity index is 506. The summed E-state index contributed by atoms with van der Waals surface area (Å²) >= 11 is 0. The van der Waals surface area contributed by atoms with Crippen molar-refractivity contribution in [3.05, 3.63) is 29.1 Å². The van der Waals surface area contributed by atoms with Gasteiger partial charge in [0.25, 0.3) is 5.91 Å². The maximum atomic E-state index is 13.7. The fourth-order valence-corrected chi connectivity index (χ4v) is 1.68. The van der Waals surface area contributed by atoms with Crippen LogP contribution < -0.4 is 5.73 Å². The molecule has 0 fully saturated rings. The molecule has 1 aromatic carbocycles. The van der Waals surface area contributed by atoms with Crippen LogP contribution in [0.4, 0.5) is 10.1 Å². The van der Waals surface area contributed by atoms with Gasteiger partial charge in [0.05, 0.1) is 7.11 Å². The van der Waals surface area contributed by atoms with E-state index >= 15 is 0 Å². The summed E-state index contributed by atoms with van der Waals surface area (Å²) in [5.74, 6) is -1.54. The van der Waals surface area contributed by atoms with E-state index in [-0.39, 0.29) is 23.8 Å². The van der Waals surface area contributed by atoms with Crippen molar-refractivity contribution in [1.29, 1.82) is 0 Å². The van der Waals surface area contributed by atoms with Crippen molar-refractivity contribution in [3.63, 3.8) is 0 Å². The number of carbonyl (C=O) groups excluding carboxylic acids is 2. The molecule has 0 spiro atoms. The minimum atomic E-state index is -0.546. The number of rotatable bonds is 4. The van der Waals surface area contributed by atoms with Gasteiger partial charge in [-0.15, -0.1) is 0 Å². The number of benzene rings is 1. The van der Waals surface area contributed by atoms with Crippen molar-refractivity contribution in [2.24, 2.45) is 0 Å². The molecular formula is C14H19FN2O3. The molecule has 0 saturated heterocycles. The van der Waals surface area contributed by atoms with Gasteiger partial charge in [0.2, 0.25) is 0 Å². The zero-order valence-electron chi connectivity index (χ0n) is 12.1. The van der Waals surface area contributed by atoms with Gasteiger partial charge in [0.1, 0.15) is 12.4 Å². The lowest BCUT2D eigenvalue weighted by atomic mass is 10.1. The zero-order valence-corrected chi connectivity index (χ0v) is 12.1. The first-order valence-electron chi connectivity index (χ1n) is 6.21. The Labute approximate surface area is 117 Å². The number of ether oxygens (including phenoxy) is 1. The van der Waals surface area contributed by atoms with Crippen molar-refractivity contribution in [3.8, 4) is 0 Å². The highest BCUT2D eigenvalue weighted by atomic mass is 19.1. The number of amides is 1. The zero-order chi connectivity index (χ0) is 15.4. The Morgan fingerprint density at radius 2 is 2.00 bits per heavy atom. The van der Waals surface area contributed by atoms with Gasteiger partial charge in [-0.2, -0.15) is 0 Å². The largest absolute Gasteiger partial charge is 0.468 e. The van der Waals surface area contributed by atoms with Gasteiger partial charge in [-0.3, -0.25) is 9.59 Å². The number of esters is 1. The van der Waals surface area contributed by atoms with Gasteiger partial charge in [-0.25, -0.2) is 4.39 Å². The van der Waals surface area contributed by atoms with E-state index < -0.39 is 17.7 Å². The molecule has 2 N–H and O–H groups in total. The lowest BCUT2D eigenvalue weighted by Gasteiger charge is -2.25. The minimum Gasteiger partial charge on any atom is -0.468 e. The molecule has 0 aromatic heterocycles. The Hall–Kier alpha value is -2.11. The van der Waals surface area contributed by atoms with Gasteiger partial charge in [0.15, 0.2) is 0 Å². The predicted octanol–water partition coefficient (Wildman–Crippen LogP) is 1.74. The molecule has 20 heavy (non-hydrogen) atoms. The highest BCUT2D eigenvalue weighted by Gasteiger charge is 2.23. The Morgan fingerprint density at radius 1 is 1.40 bits per heavy atom. The van der Waals surface area contributed by atoms with E-state index in [1.54, 1.807) is 13.8 Å². The second-order valence-corrected chi connectivity index (χ2v) is 4.78. The molecule has 0 aliphatic carbocycles. The van der Waals surface area contributed by atoms with Crippen LogP contribution in [0.5, 0.6) is 0 Å². The van der Waals surface area contributed by atoms with Crippen LogP contribution in [0.1, 0.15) is 29.8 Å². The fourth-order valence-electron chi connectivity index (χ4n) is 1.68. The predicted molar refractivity (Wildman–Crippen MR) is 73.7 cm³/mol. The molecule has 0 aliphatic heterocycles. The molecule has 0 radical (unpaired) electrons. The Balaban J connectivity index is 3.10. The van der Waals surface area contributed by atoms with Gasteiger partial charge >= 0.3 is 5.97 Å². The average molecular weight is 282 g/mol. The average Bonchev–Trinajstić information content (AvgIpc) is 2.40. The summed E-state index contributed by atoms with van der Waals surface area (Å²) in [6.07, 6.45) is 0. The third-order valence-electron chi connectivity index (χ3n) is 3.04. The van der Waals surface area contributed by atoms with Crippen molar-refractivity contribution < 1.29 is 18.7 Å². The molecule has 1 rings (SSSR count). The Kier molecular flexibility index (Phi) is 5.07.